The van der Waals surface area contributed by atoms with Crippen LogP contribution in [0.25, 0.3) is 0 Å². The average molecular weight is 498 g/mol. The number of aliphatic imine (C=N–C) groups is 1. The molecule has 1 aromatic carbocycles. The summed E-state index contributed by atoms with van der Waals surface area (Å²) in [5.74, 6) is 0.865. The maximum Gasteiger partial charge on any atom is 0.191 e. The minimum atomic E-state index is 0. The SMILES string of the molecule is CCNC(=NCc1ccccc1Cn1cccn1)NCCN(C)C(C)CC.I. The first-order chi connectivity index (χ1) is 13.1. The highest BCUT2D eigenvalue weighted by Crippen LogP contribution is 2.11. The zero-order chi connectivity index (χ0) is 19.5. The number of hydrogen-bond donors (Lipinski definition) is 2. The summed E-state index contributed by atoms with van der Waals surface area (Å²) in [6, 6.07) is 11.0. The third kappa shape index (κ3) is 8.18. The van der Waals surface area contributed by atoms with E-state index in [9.17, 15) is 0 Å². The van der Waals surface area contributed by atoms with Crippen molar-refractivity contribution >= 4 is 29.9 Å². The van der Waals surface area contributed by atoms with E-state index in [1.807, 2.05) is 23.1 Å². The largest absolute Gasteiger partial charge is 0.357 e. The van der Waals surface area contributed by atoms with Gasteiger partial charge in [0.05, 0.1) is 13.1 Å². The van der Waals surface area contributed by atoms with Crippen LogP contribution >= 0.6 is 24.0 Å². The molecule has 2 aromatic rings. The first-order valence-corrected chi connectivity index (χ1v) is 9.90. The van der Waals surface area contributed by atoms with Gasteiger partial charge in [0, 0.05) is 38.1 Å². The fourth-order valence-corrected chi connectivity index (χ4v) is 2.82. The zero-order valence-corrected chi connectivity index (χ0v) is 19.9. The molecule has 0 amide bonds. The first-order valence-electron chi connectivity index (χ1n) is 9.90. The summed E-state index contributed by atoms with van der Waals surface area (Å²) in [4.78, 5) is 7.15. The van der Waals surface area contributed by atoms with E-state index >= 15 is 0 Å². The van der Waals surface area contributed by atoms with Crippen LogP contribution in [0.15, 0.2) is 47.7 Å². The number of nitrogens with zero attached hydrogens (tertiary/aromatic N) is 4. The summed E-state index contributed by atoms with van der Waals surface area (Å²) < 4.78 is 1.94. The monoisotopic (exact) mass is 498 g/mol. The molecule has 28 heavy (non-hydrogen) atoms. The summed E-state index contributed by atoms with van der Waals surface area (Å²) >= 11 is 0. The minimum Gasteiger partial charge on any atom is -0.357 e. The first kappa shape index (κ1) is 24.4. The van der Waals surface area contributed by atoms with Gasteiger partial charge in [0.25, 0.3) is 0 Å². The third-order valence-corrected chi connectivity index (χ3v) is 4.86. The number of nitrogens with one attached hydrogen (secondary N) is 2. The van der Waals surface area contributed by atoms with Gasteiger partial charge in [-0.25, -0.2) is 4.99 Å². The molecule has 1 atom stereocenters. The Morgan fingerprint density at radius 3 is 2.57 bits per heavy atom. The summed E-state index contributed by atoms with van der Waals surface area (Å²) in [6.45, 7) is 10.7. The zero-order valence-electron chi connectivity index (χ0n) is 17.6. The molecular formula is C21H35IN6. The number of aromatic nitrogens is 2. The van der Waals surface area contributed by atoms with Crippen LogP contribution in [0.5, 0.6) is 0 Å². The maximum absolute atomic E-state index is 4.78. The summed E-state index contributed by atoms with van der Waals surface area (Å²) in [5.41, 5.74) is 2.47. The Balaban J connectivity index is 0.00000392. The quantitative estimate of drug-likeness (QED) is 0.300. The molecular weight excluding hydrogens is 463 g/mol. The van der Waals surface area contributed by atoms with E-state index in [4.69, 9.17) is 4.99 Å². The van der Waals surface area contributed by atoms with E-state index in [1.54, 1.807) is 0 Å². The molecule has 2 rings (SSSR count). The smallest absolute Gasteiger partial charge is 0.191 e. The lowest BCUT2D eigenvalue weighted by Gasteiger charge is -2.24. The van der Waals surface area contributed by atoms with Crippen LogP contribution in [0.1, 0.15) is 38.3 Å². The maximum atomic E-state index is 4.78. The summed E-state index contributed by atoms with van der Waals surface area (Å²) in [7, 11) is 2.17. The van der Waals surface area contributed by atoms with Crippen molar-refractivity contribution in [3.63, 3.8) is 0 Å². The lowest BCUT2D eigenvalue weighted by atomic mass is 10.1. The molecule has 0 fully saturated rings. The highest BCUT2D eigenvalue weighted by molar-refractivity contribution is 14.0. The molecule has 0 spiro atoms. The van der Waals surface area contributed by atoms with Crippen LogP contribution in [-0.2, 0) is 13.1 Å². The molecule has 0 aliphatic heterocycles. The van der Waals surface area contributed by atoms with Crippen molar-refractivity contribution < 1.29 is 0 Å². The Hall–Kier alpha value is -1.61. The molecule has 156 valence electrons. The van der Waals surface area contributed by atoms with Gasteiger partial charge in [-0.1, -0.05) is 31.2 Å². The second-order valence-corrected chi connectivity index (χ2v) is 6.83. The van der Waals surface area contributed by atoms with Gasteiger partial charge in [0.2, 0.25) is 0 Å². The van der Waals surface area contributed by atoms with Crippen molar-refractivity contribution in [2.24, 2.45) is 4.99 Å². The predicted molar refractivity (Wildman–Crippen MR) is 128 cm³/mol. The highest BCUT2D eigenvalue weighted by atomic mass is 127. The lowest BCUT2D eigenvalue weighted by molar-refractivity contribution is 0.255. The van der Waals surface area contributed by atoms with Gasteiger partial charge in [-0.05, 0) is 44.5 Å². The molecule has 0 saturated carbocycles. The number of guanidine groups is 1. The van der Waals surface area contributed by atoms with Crippen molar-refractivity contribution in [3.8, 4) is 0 Å². The topological polar surface area (TPSA) is 57.5 Å². The molecule has 0 saturated heterocycles. The van der Waals surface area contributed by atoms with Crippen molar-refractivity contribution in [2.75, 3.05) is 26.7 Å². The lowest BCUT2D eigenvalue weighted by Crippen LogP contribution is -2.42. The molecule has 7 heteroatoms. The van der Waals surface area contributed by atoms with Crippen LogP contribution in [0.2, 0.25) is 0 Å². The van der Waals surface area contributed by atoms with Crippen LogP contribution in [0.4, 0.5) is 0 Å². The predicted octanol–water partition coefficient (Wildman–Crippen LogP) is 3.33. The summed E-state index contributed by atoms with van der Waals surface area (Å²) in [6.07, 6.45) is 4.96. The van der Waals surface area contributed by atoms with Crippen molar-refractivity contribution in [1.82, 2.24) is 25.3 Å². The van der Waals surface area contributed by atoms with Crippen LogP contribution < -0.4 is 10.6 Å². The van der Waals surface area contributed by atoms with Crippen molar-refractivity contribution in [2.45, 2.75) is 46.3 Å². The van der Waals surface area contributed by atoms with Gasteiger partial charge in [-0.3, -0.25) is 4.68 Å². The third-order valence-electron chi connectivity index (χ3n) is 4.86. The van der Waals surface area contributed by atoms with E-state index in [-0.39, 0.29) is 24.0 Å². The number of likely N-dealkylation sites (N-methyl/N-ethyl adjacent to an activating group) is 1. The fraction of sp³-hybridized carbons (Fsp3) is 0.524. The van der Waals surface area contributed by atoms with E-state index in [2.05, 4.69) is 72.7 Å². The number of benzene rings is 1. The van der Waals surface area contributed by atoms with E-state index in [0.29, 0.717) is 12.6 Å². The van der Waals surface area contributed by atoms with Crippen LogP contribution in [-0.4, -0.2) is 53.4 Å². The van der Waals surface area contributed by atoms with Gasteiger partial charge in [-0.15, -0.1) is 24.0 Å². The normalized spacial score (nSPS) is 12.5. The molecule has 0 aliphatic carbocycles. The Morgan fingerprint density at radius 1 is 1.18 bits per heavy atom. The molecule has 0 bridgehead atoms. The molecule has 0 aliphatic rings. The highest BCUT2D eigenvalue weighted by Gasteiger charge is 2.07. The van der Waals surface area contributed by atoms with Gasteiger partial charge < -0.3 is 15.5 Å². The molecule has 1 aromatic heterocycles. The molecule has 2 N–H and O–H groups in total. The minimum absolute atomic E-state index is 0. The van der Waals surface area contributed by atoms with Crippen molar-refractivity contribution in [1.29, 1.82) is 0 Å². The molecule has 1 heterocycles. The Kier molecular flexibility index (Phi) is 11.8. The second-order valence-electron chi connectivity index (χ2n) is 6.83. The van der Waals surface area contributed by atoms with E-state index in [1.165, 1.54) is 11.1 Å². The standard InChI is InChI=1S/C21H34N6.HI/c1-5-18(3)26(4)15-13-23-21(22-6-2)24-16-19-10-7-8-11-20(19)17-27-14-9-12-25-27;/h7-12,14,18H,5-6,13,15-17H2,1-4H3,(H2,22,23,24);1H. The number of rotatable bonds is 10. The van der Waals surface area contributed by atoms with Gasteiger partial charge >= 0.3 is 0 Å². The summed E-state index contributed by atoms with van der Waals surface area (Å²) in [5, 5.41) is 11.1. The van der Waals surface area contributed by atoms with Crippen molar-refractivity contribution in [3.05, 3.63) is 53.9 Å². The average Bonchev–Trinajstić information content (AvgIpc) is 3.19. The molecule has 1 unspecified atom stereocenters. The molecule has 0 radical (unpaired) electrons. The van der Waals surface area contributed by atoms with E-state index < -0.39 is 0 Å². The number of hydrogen-bond acceptors (Lipinski definition) is 3. The number of halogens is 1. The second kappa shape index (κ2) is 13.5. The van der Waals surface area contributed by atoms with Crippen LogP contribution in [0.3, 0.4) is 0 Å². The fourth-order valence-electron chi connectivity index (χ4n) is 2.82. The van der Waals surface area contributed by atoms with Gasteiger partial charge in [-0.2, -0.15) is 5.10 Å². The van der Waals surface area contributed by atoms with Gasteiger partial charge in [0.1, 0.15) is 0 Å². The van der Waals surface area contributed by atoms with Gasteiger partial charge in [0.15, 0.2) is 5.96 Å². The van der Waals surface area contributed by atoms with E-state index in [0.717, 1.165) is 38.6 Å². The Labute approximate surface area is 186 Å². The van der Waals surface area contributed by atoms with Crippen LogP contribution in [0, 0.1) is 0 Å². The Morgan fingerprint density at radius 2 is 1.93 bits per heavy atom. The Bertz CT molecular complexity index is 686. The molecule has 6 nitrogen and oxygen atoms in total.